The number of ether oxygens (including phenoxy) is 1. The van der Waals surface area contributed by atoms with Crippen LogP contribution in [0.4, 0.5) is 0 Å². The number of aromatic nitrogens is 1. The summed E-state index contributed by atoms with van der Waals surface area (Å²) in [4.78, 5) is 4.00. The van der Waals surface area contributed by atoms with Gasteiger partial charge in [-0.05, 0) is 18.4 Å². The van der Waals surface area contributed by atoms with Crippen LogP contribution < -0.4 is 4.74 Å². The van der Waals surface area contributed by atoms with Crippen LogP contribution in [0.15, 0.2) is 18.3 Å². The van der Waals surface area contributed by atoms with Gasteiger partial charge in [0.05, 0.1) is 12.2 Å². The molecule has 0 spiro atoms. The van der Waals surface area contributed by atoms with Crippen molar-refractivity contribution in [3.63, 3.8) is 0 Å². The largest absolute Gasteiger partial charge is 0.478 e. The van der Waals surface area contributed by atoms with Crippen LogP contribution in [0.1, 0.15) is 25.8 Å². The molecule has 0 N–H and O–H groups in total. The van der Waals surface area contributed by atoms with E-state index in [1.54, 1.807) is 12.1 Å². The third-order valence-electron chi connectivity index (χ3n) is 1.81. The second kappa shape index (κ2) is 5.23. The standard InChI is InChI=1S/C11H14N2O/c1-9(2)5-6-14-11-4-3-10(7-12)8-13-11/h3-4,8-9H,5-6H2,1-2H3. The molecule has 1 aromatic heterocycles. The van der Waals surface area contributed by atoms with E-state index in [1.807, 2.05) is 6.07 Å². The SMILES string of the molecule is CC(C)CCOc1ccc(C#N)cn1. The van der Waals surface area contributed by atoms with Gasteiger partial charge in [-0.15, -0.1) is 0 Å². The first-order chi connectivity index (χ1) is 6.72. The minimum atomic E-state index is 0.557. The Morgan fingerprint density at radius 3 is 2.79 bits per heavy atom. The molecule has 0 unspecified atom stereocenters. The summed E-state index contributed by atoms with van der Waals surface area (Å²) in [6.45, 7) is 4.97. The minimum Gasteiger partial charge on any atom is -0.478 e. The van der Waals surface area contributed by atoms with E-state index < -0.39 is 0 Å². The highest BCUT2D eigenvalue weighted by atomic mass is 16.5. The molecule has 14 heavy (non-hydrogen) atoms. The molecular formula is C11H14N2O. The van der Waals surface area contributed by atoms with Crippen molar-refractivity contribution in [3.8, 4) is 11.9 Å². The van der Waals surface area contributed by atoms with Crippen molar-refractivity contribution in [1.82, 2.24) is 4.98 Å². The molecule has 74 valence electrons. The van der Waals surface area contributed by atoms with Gasteiger partial charge in [0.1, 0.15) is 6.07 Å². The number of hydrogen-bond acceptors (Lipinski definition) is 3. The number of pyridine rings is 1. The van der Waals surface area contributed by atoms with E-state index in [2.05, 4.69) is 18.8 Å². The molecule has 1 heterocycles. The highest BCUT2D eigenvalue weighted by molar-refractivity contribution is 5.28. The molecule has 0 radical (unpaired) electrons. The fourth-order valence-electron chi connectivity index (χ4n) is 0.931. The summed E-state index contributed by atoms with van der Waals surface area (Å²) < 4.78 is 5.40. The van der Waals surface area contributed by atoms with E-state index in [4.69, 9.17) is 10.00 Å². The predicted molar refractivity (Wildman–Crippen MR) is 53.9 cm³/mol. The maximum absolute atomic E-state index is 8.55. The van der Waals surface area contributed by atoms with E-state index in [0.29, 0.717) is 24.0 Å². The molecule has 0 aliphatic rings. The first-order valence-corrected chi connectivity index (χ1v) is 4.71. The lowest BCUT2D eigenvalue weighted by atomic mass is 10.1. The molecule has 0 atom stereocenters. The minimum absolute atomic E-state index is 0.557. The lowest BCUT2D eigenvalue weighted by Crippen LogP contribution is -2.02. The van der Waals surface area contributed by atoms with Crippen molar-refractivity contribution < 1.29 is 4.74 Å². The molecule has 3 nitrogen and oxygen atoms in total. The smallest absolute Gasteiger partial charge is 0.213 e. The molecule has 0 aliphatic carbocycles. The average Bonchev–Trinajstić information content (AvgIpc) is 2.18. The number of nitrogens with zero attached hydrogens (tertiary/aromatic N) is 2. The topological polar surface area (TPSA) is 45.9 Å². The number of nitriles is 1. The van der Waals surface area contributed by atoms with Crippen molar-refractivity contribution >= 4 is 0 Å². The summed E-state index contributed by atoms with van der Waals surface area (Å²) in [7, 11) is 0. The third kappa shape index (κ3) is 3.44. The number of rotatable bonds is 4. The Hall–Kier alpha value is -1.56. The van der Waals surface area contributed by atoms with Crippen LogP contribution in [-0.4, -0.2) is 11.6 Å². The van der Waals surface area contributed by atoms with Crippen molar-refractivity contribution in [2.45, 2.75) is 20.3 Å². The maximum atomic E-state index is 8.55. The van der Waals surface area contributed by atoms with E-state index in [9.17, 15) is 0 Å². The molecule has 0 fully saturated rings. The van der Waals surface area contributed by atoms with Crippen LogP contribution in [0.2, 0.25) is 0 Å². The summed E-state index contributed by atoms with van der Waals surface area (Å²) in [5.74, 6) is 1.22. The summed E-state index contributed by atoms with van der Waals surface area (Å²) in [5.41, 5.74) is 0.557. The Balaban J connectivity index is 2.41. The lowest BCUT2D eigenvalue weighted by Gasteiger charge is -2.06. The van der Waals surface area contributed by atoms with E-state index >= 15 is 0 Å². The normalized spacial score (nSPS) is 9.86. The van der Waals surface area contributed by atoms with Crippen LogP contribution in [0.3, 0.4) is 0 Å². The zero-order valence-corrected chi connectivity index (χ0v) is 8.53. The second-order valence-corrected chi connectivity index (χ2v) is 3.53. The molecule has 0 saturated heterocycles. The van der Waals surface area contributed by atoms with Crippen LogP contribution in [0.5, 0.6) is 5.88 Å². The predicted octanol–water partition coefficient (Wildman–Crippen LogP) is 2.38. The molecule has 3 heteroatoms. The van der Waals surface area contributed by atoms with Crippen molar-refractivity contribution in [3.05, 3.63) is 23.9 Å². The van der Waals surface area contributed by atoms with Crippen molar-refractivity contribution in [1.29, 1.82) is 5.26 Å². The average molecular weight is 190 g/mol. The van der Waals surface area contributed by atoms with Crippen molar-refractivity contribution in [2.24, 2.45) is 5.92 Å². The summed E-state index contributed by atoms with van der Waals surface area (Å²) >= 11 is 0. The molecule has 0 amide bonds. The summed E-state index contributed by atoms with van der Waals surface area (Å²) in [5, 5.41) is 8.55. The van der Waals surface area contributed by atoms with Gasteiger partial charge in [-0.3, -0.25) is 0 Å². The summed E-state index contributed by atoms with van der Waals surface area (Å²) in [6, 6.07) is 5.44. The monoisotopic (exact) mass is 190 g/mol. The first-order valence-electron chi connectivity index (χ1n) is 4.71. The van der Waals surface area contributed by atoms with Crippen molar-refractivity contribution in [2.75, 3.05) is 6.61 Å². The third-order valence-corrected chi connectivity index (χ3v) is 1.81. The molecule has 0 saturated carbocycles. The molecule has 0 bridgehead atoms. The first kappa shape index (κ1) is 10.5. The Labute approximate surface area is 84.3 Å². The van der Waals surface area contributed by atoms with Gasteiger partial charge >= 0.3 is 0 Å². The highest BCUT2D eigenvalue weighted by Crippen LogP contribution is 2.08. The zero-order chi connectivity index (χ0) is 10.4. The van der Waals surface area contributed by atoms with Gasteiger partial charge in [0.2, 0.25) is 5.88 Å². The lowest BCUT2D eigenvalue weighted by molar-refractivity contribution is 0.279. The Bertz CT molecular complexity index is 311. The highest BCUT2D eigenvalue weighted by Gasteiger charge is 1.97. The van der Waals surface area contributed by atoms with Crippen LogP contribution in [0, 0.1) is 17.2 Å². The van der Waals surface area contributed by atoms with Gasteiger partial charge < -0.3 is 4.74 Å². The number of hydrogen-bond donors (Lipinski definition) is 0. The molecule has 0 aliphatic heterocycles. The van der Waals surface area contributed by atoms with Crippen LogP contribution >= 0.6 is 0 Å². The molecule has 1 aromatic rings. The maximum Gasteiger partial charge on any atom is 0.213 e. The van der Waals surface area contributed by atoms with Gasteiger partial charge in [0.15, 0.2) is 0 Å². The molecular weight excluding hydrogens is 176 g/mol. The van der Waals surface area contributed by atoms with E-state index in [-0.39, 0.29) is 0 Å². The Morgan fingerprint density at radius 2 is 2.29 bits per heavy atom. The van der Waals surface area contributed by atoms with Crippen LogP contribution in [0.25, 0.3) is 0 Å². The summed E-state index contributed by atoms with van der Waals surface area (Å²) in [6.07, 6.45) is 2.53. The Kier molecular flexibility index (Phi) is 3.93. The quantitative estimate of drug-likeness (QED) is 0.732. The van der Waals surface area contributed by atoms with Gasteiger partial charge in [0.25, 0.3) is 0 Å². The second-order valence-electron chi connectivity index (χ2n) is 3.53. The van der Waals surface area contributed by atoms with E-state index in [1.165, 1.54) is 6.20 Å². The Morgan fingerprint density at radius 1 is 1.50 bits per heavy atom. The van der Waals surface area contributed by atoms with Crippen LogP contribution in [-0.2, 0) is 0 Å². The molecule has 0 aromatic carbocycles. The zero-order valence-electron chi connectivity index (χ0n) is 8.53. The fourth-order valence-corrected chi connectivity index (χ4v) is 0.931. The van der Waals surface area contributed by atoms with Gasteiger partial charge in [0, 0.05) is 12.3 Å². The van der Waals surface area contributed by atoms with E-state index in [0.717, 1.165) is 6.42 Å². The fraction of sp³-hybridized carbons (Fsp3) is 0.455. The van der Waals surface area contributed by atoms with Gasteiger partial charge in [-0.1, -0.05) is 13.8 Å². The van der Waals surface area contributed by atoms with Gasteiger partial charge in [-0.25, -0.2) is 4.98 Å². The van der Waals surface area contributed by atoms with Gasteiger partial charge in [-0.2, -0.15) is 5.26 Å². The molecule has 1 rings (SSSR count).